The molecular weight excluding hydrogens is 342 g/mol. The lowest BCUT2D eigenvalue weighted by Gasteiger charge is -2.25. The first-order valence-electron chi connectivity index (χ1n) is 10.7. The largest absolute Gasteiger partial charge is 0.460 e. The second kappa shape index (κ2) is 10.3. The van der Waals surface area contributed by atoms with Crippen molar-refractivity contribution < 1.29 is 14.3 Å². The summed E-state index contributed by atoms with van der Waals surface area (Å²) < 4.78 is 11.0. The molecule has 27 heavy (non-hydrogen) atoms. The van der Waals surface area contributed by atoms with Gasteiger partial charge in [-0.15, -0.1) is 0 Å². The molecule has 1 N–H and O–H groups in total. The van der Waals surface area contributed by atoms with Crippen molar-refractivity contribution in [2.24, 2.45) is 10.4 Å². The fraction of sp³-hybridized carbons (Fsp3) is 0.905. The molecule has 0 aromatic rings. The normalized spacial score (nSPS) is 23.3. The highest BCUT2D eigenvalue weighted by atomic mass is 16.6. The number of nitrogens with one attached hydrogen (secondary N) is 1. The molecule has 1 spiro atoms. The number of ether oxygens (including phenoxy) is 2. The van der Waals surface area contributed by atoms with Crippen molar-refractivity contribution in [2.75, 3.05) is 39.4 Å². The van der Waals surface area contributed by atoms with E-state index in [0.717, 1.165) is 71.0 Å². The summed E-state index contributed by atoms with van der Waals surface area (Å²) in [7, 11) is 0. The van der Waals surface area contributed by atoms with Crippen molar-refractivity contribution in [2.45, 2.75) is 78.2 Å². The molecule has 0 aromatic carbocycles. The zero-order valence-electron chi connectivity index (χ0n) is 17.8. The smallest absolute Gasteiger partial charge is 0.306 e. The molecule has 0 radical (unpaired) electrons. The van der Waals surface area contributed by atoms with Crippen LogP contribution in [0.25, 0.3) is 0 Å². The van der Waals surface area contributed by atoms with E-state index in [0.29, 0.717) is 11.8 Å². The second-order valence-electron chi connectivity index (χ2n) is 8.96. The molecule has 0 amide bonds. The number of hydrogen-bond donors (Lipinski definition) is 1. The summed E-state index contributed by atoms with van der Waals surface area (Å²) in [5.74, 6) is 0.962. The Kier molecular flexibility index (Phi) is 8.39. The Morgan fingerprint density at radius 3 is 2.67 bits per heavy atom. The summed E-state index contributed by atoms with van der Waals surface area (Å²) in [6, 6.07) is 0. The molecule has 2 heterocycles. The number of unbranched alkanes of at least 4 members (excludes halogenated alkanes) is 3. The lowest BCUT2D eigenvalue weighted by atomic mass is 9.87. The lowest BCUT2D eigenvalue weighted by Crippen LogP contribution is -2.41. The van der Waals surface area contributed by atoms with Gasteiger partial charge in [-0.05, 0) is 53.4 Å². The van der Waals surface area contributed by atoms with Crippen LogP contribution in [0.3, 0.4) is 0 Å². The summed E-state index contributed by atoms with van der Waals surface area (Å²) in [6.07, 6.45) is 7.02. The molecule has 0 bridgehead atoms. The molecule has 2 aliphatic heterocycles. The SMILES string of the molecule is CCNC(=NCCCCCCC(=O)OC(C)(C)C)N1CCC2(CCOC2)C1. The average molecular weight is 382 g/mol. The Bertz CT molecular complexity index is 493. The van der Waals surface area contributed by atoms with Crippen LogP contribution in [-0.2, 0) is 14.3 Å². The monoisotopic (exact) mass is 381 g/mol. The fourth-order valence-electron chi connectivity index (χ4n) is 3.83. The lowest BCUT2D eigenvalue weighted by molar-refractivity contribution is -0.154. The molecule has 156 valence electrons. The van der Waals surface area contributed by atoms with E-state index in [1.807, 2.05) is 20.8 Å². The summed E-state index contributed by atoms with van der Waals surface area (Å²) in [6.45, 7) is 13.5. The van der Waals surface area contributed by atoms with Crippen LogP contribution in [0.1, 0.15) is 72.6 Å². The van der Waals surface area contributed by atoms with Crippen LogP contribution in [0.4, 0.5) is 0 Å². The first-order chi connectivity index (χ1) is 12.8. The van der Waals surface area contributed by atoms with Crippen molar-refractivity contribution in [1.29, 1.82) is 0 Å². The predicted molar refractivity (Wildman–Crippen MR) is 109 cm³/mol. The van der Waals surface area contributed by atoms with Crippen LogP contribution >= 0.6 is 0 Å². The van der Waals surface area contributed by atoms with Crippen molar-refractivity contribution in [3.05, 3.63) is 0 Å². The third kappa shape index (κ3) is 7.68. The number of hydrogen-bond acceptors (Lipinski definition) is 4. The topological polar surface area (TPSA) is 63.2 Å². The maximum Gasteiger partial charge on any atom is 0.306 e. The number of aliphatic imine (C=N–C) groups is 1. The van der Waals surface area contributed by atoms with Gasteiger partial charge in [0.05, 0.1) is 6.61 Å². The number of esters is 1. The van der Waals surface area contributed by atoms with Gasteiger partial charge in [-0.1, -0.05) is 12.8 Å². The van der Waals surface area contributed by atoms with Crippen LogP contribution in [0.15, 0.2) is 4.99 Å². The van der Waals surface area contributed by atoms with E-state index >= 15 is 0 Å². The standard InChI is InChI=1S/C21H39N3O3/c1-5-22-19(24-14-11-21(16-24)12-15-26-17-21)23-13-9-7-6-8-10-18(25)27-20(2,3)4/h5-17H2,1-4H3,(H,22,23). The van der Waals surface area contributed by atoms with E-state index in [1.165, 1.54) is 12.8 Å². The van der Waals surface area contributed by atoms with Gasteiger partial charge in [0.25, 0.3) is 0 Å². The van der Waals surface area contributed by atoms with E-state index in [1.54, 1.807) is 0 Å². The Balaban J connectivity index is 1.63. The summed E-state index contributed by atoms with van der Waals surface area (Å²) in [4.78, 5) is 18.9. The molecule has 0 aromatic heterocycles. The average Bonchev–Trinajstić information content (AvgIpc) is 3.21. The Morgan fingerprint density at radius 2 is 2.00 bits per heavy atom. The maximum absolute atomic E-state index is 11.7. The van der Waals surface area contributed by atoms with Gasteiger partial charge in [-0.3, -0.25) is 9.79 Å². The number of nitrogens with zero attached hydrogens (tertiary/aromatic N) is 2. The Labute approximate surface area is 165 Å². The minimum atomic E-state index is -0.382. The molecular formula is C21H39N3O3. The molecule has 2 aliphatic rings. The number of rotatable bonds is 8. The molecule has 6 nitrogen and oxygen atoms in total. The third-order valence-electron chi connectivity index (χ3n) is 5.23. The van der Waals surface area contributed by atoms with Crippen LogP contribution < -0.4 is 5.32 Å². The highest BCUT2D eigenvalue weighted by Gasteiger charge is 2.42. The van der Waals surface area contributed by atoms with Gasteiger partial charge in [-0.25, -0.2) is 0 Å². The van der Waals surface area contributed by atoms with E-state index < -0.39 is 0 Å². The van der Waals surface area contributed by atoms with Gasteiger partial charge >= 0.3 is 5.97 Å². The van der Waals surface area contributed by atoms with Gasteiger partial charge < -0.3 is 19.7 Å². The molecule has 2 saturated heterocycles. The second-order valence-corrected chi connectivity index (χ2v) is 8.96. The van der Waals surface area contributed by atoms with Gasteiger partial charge in [0.2, 0.25) is 0 Å². The van der Waals surface area contributed by atoms with Gasteiger partial charge in [0.15, 0.2) is 5.96 Å². The van der Waals surface area contributed by atoms with Crippen molar-refractivity contribution >= 4 is 11.9 Å². The van der Waals surface area contributed by atoms with Crippen molar-refractivity contribution in [1.82, 2.24) is 10.2 Å². The van der Waals surface area contributed by atoms with Crippen molar-refractivity contribution in [3.63, 3.8) is 0 Å². The van der Waals surface area contributed by atoms with Crippen LogP contribution in [-0.4, -0.2) is 61.8 Å². The minimum absolute atomic E-state index is 0.0891. The first kappa shape index (κ1) is 22.0. The van der Waals surface area contributed by atoms with Crippen LogP contribution in [0.5, 0.6) is 0 Å². The maximum atomic E-state index is 11.7. The quantitative estimate of drug-likeness (QED) is 0.302. The van der Waals surface area contributed by atoms with E-state index in [-0.39, 0.29) is 11.6 Å². The predicted octanol–water partition coefficient (Wildman–Crippen LogP) is 3.36. The number of likely N-dealkylation sites (tertiary alicyclic amines) is 1. The number of carbonyl (C=O) groups is 1. The minimum Gasteiger partial charge on any atom is -0.460 e. The van der Waals surface area contributed by atoms with Gasteiger partial charge in [-0.2, -0.15) is 0 Å². The molecule has 2 fully saturated rings. The van der Waals surface area contributed by atoms with E-state index in [2.05, 4.69) is 17.1 Å². The summed E-state index contributed by atoms with van der Waals surface area (Å²) in [5.41, 5.74) is -0.0227. The Hall–Kier alpha value is -1.30. The van der Waals surface area contributed by atoms with Gasteiger partial charge in [0.1, 0.15) is 5.60 Å². The molecule has 1 unspecified atom stereocenters. The van der Waals surface area contributed by atoms with Crippen molar-refractivity contribution in [3.8, 4) is 0 Å². The summed E-state index contributed by atoms with van der Waals surface area (Å²) >= 11 is 0. The zero-order valence-corrected chi connectivity index (χ0v) is 17.8. The molecule has 0 aliphatic carbocycles. The van der Waals surface area contributed by atoms with Crippen LogP contribution in [0, 0.1) is 5.41 Å². The highest BCUT2D eigenvalue weighted by Crippen LogP contribution is 2.38. The van der Waals surface area contributed by atoms with E-state index in [4.69, 9.17) is 14.5 Å². The Morgan fingerprint density at radius 1 is 1.22 bits per heavy atom. The van der Waals surface area contributed by atoms with Gasteiger partial charge in [0, 0.05) is 44.6 Å². The molecule has 6 heteroatoms. The number of carbonyl (C=O) groups excluding carboxylic acids is 1. The highest BCUT2D eigenvalue weighted by molar-refractivity contribution is 5.80. The zero-order chi connectivity index (χ0) is 19.8. The first-order valence-corrected chi connectivity index (χ1v) is 10.7. The number of guanidine groups is 1. The van der Waals surface area contributed by atoms with E-state index in [9.17, 15) is 4.79 Å². The fourth-order valence-corrected chi connectivity index (χ4v) is 3.83. The summed E-state index contributed by atoms with van der Waals surface area (Å²) in [5, 5.41) is 3.44. The molecule has 1 atom stereocenters. The molecule has 2 rings (SSSR count). The van der Waals surface area contributed by atoms with Crippen LogP contribution in [0.2, 0.25) is 0 Å². The third-order valence-corrected chi connectivity index (χ3v) is 5.23. The molecule has 0 saturated carbocycles.